The van der Waals surface area contributed by atoms with E-state index in [1.54, 1.807) is 6.92 Å². The van der Waals surface area contributed by atoms with Crippen molar-refractivity contribution in [1.82, 2.24) is 9.97 Å². The minimum atomic E-state index is -3.69. The molecule has 2 heterocycles. The Balaban J connectivity index is 1.98. The van der Waals surface area contributed by atoms with Crippen molar-refractivity contribution in [2.24, 2.45) is 10.7 Å². The minimum Gasteiger partial charge on any atom is -0.386 e. The first kappa shape index (κ1) is 20.8. The number of amides is 1. The molecule has 3 rings (SSSR count). The number of hydrogen-bond acceptors (Lipinski definition) is 7. The molecule has 0 saturated carbocycles. The van der Waals surface area contributed by atoms with E-state index in [2.05, 4.69) is 20.3 Å². The van der Waals surface area contributed by atoms with Gasteiger partial charge in [0.15, 0.2) is 9.84 Å². The largest absolute Gasteiger partial charge is 0.386 e. The Labute approximate surface area is 168 Å². The summed E-state index contributed by atoms with van der Waals surface area (Å²) >= 11 is 0. The molecule has 1 aromatic heterocycles. The Morgan fingerprint density at radius 2 is 1.90 bits per heavy atom. The number of aliphatic imine (C=N–C) groups is 1. The number of nitrogens with zero attached hydrogens (tertiary/aromatic N) is 3. The molecule has 1 aliphatic rings. The number of hydrogen-bond donors (Lipinski definition) is 2. The highest BCUT2D eigenvalue weighted by molar-refractivity contribution is 7.93. The van der Waals surface area contributed by atoms with Crippen LogP contribution in [-0.4, -0.2) is 40.6 Å². The Morgan fingerprint density at radius 1 is 1.21 bits per heavy atom. The Bertz CT molecular complexity index is 1110. The van der Waals surface area contributed by atoms with E-state index >= 15 is 0 Å². The van der Waals surface area contributed by atoms with Crippen molar-refractivity contribution in [3.8, 4) is 0 Å². The van der Waals surface area contributed by atoms with Gasteiger partial charge in [0, 0.05) is 17.4 Å². The molecule has 0 bridgehead atoms. The van der Waals surface area contributed by atoms with E-state index in [1.807, 2.05) is 0 Å². The molecule has 154 valence electrons. The molecule has 0 fully saturated rings. The van der Waals surface area contributed by atoms with Crippen LogP contribution in [0, 0.1) is 12.7 Å². The number of rotatable bonds is 3. The van der Waals surface area contributed by atoms with Crippen LogP contribution in [0.3, 0.4) is 0 Å². The number of carbonyl (C=O) groups is 1. The molecule has 0 saturated heterocycles. The number of carbonyl (C=O) groups excluding carboxylic acids is 1. The van der Waals surface area contributed by atoms with Crippen LogP contribution >= 0.6 is 0 Å². The van der Waals surface area contributed by atoms with Gasteiger partial charge in [-0.15, -0.1) is 0 Å². The van der Waals surface area contributed by atoms with E-state index in [0.717, 1.165) is 6.07 Å². The summed E-state index contributed by atoms with van der Waals surface area (Å²) in [5.74, 6) is -1.67. The van der Waals surface area contributed by atoms with Crippen LogP contribution in [0.2, 0.25) is 0 Å². The SMILES string of the molecule is Cc1cnc(C(=O)Nc2ccc(F)c(C3(C)CS(=O)(=O)C(C)(C)C(N)=N3)c2)cn1. The van der Waals surface area contributed by atoms with E-state index in [4.69, 9.17) is 5.73 Å². The normalized spacial score (nSPS) is 22.6. The van der Waals surface area contributed by atoms with Gasteiger partial charge >= 0.3 is 0 Å². The van der Waals surface area contributed by atoms with Gasteiger partial charge < -0.3 is 11.1 Å². The van der Waals surface area contributed by atoms with E-state index in [0.29, 0.717) is 5.69 Å². The molecular formula is C19H22FN5O3S. The highest BCUT2D eigenvalue weighted by Crippen LogP contribution is 2.38. The van der Waals surface area contributed by atoms with Crippen LogP contribution in [0.4, 0.5) is 10.1 Å². The summed E-state index contributed by atoms with van der Waals surface area (Å²) in [6.45, 7) is 6.18. The van der Waals surface area contributed by atoms with E-state index in [1.165, 1.54) is 45.3 Å². The summed E-state index contributed by atoms with van der Waals surface area (Å²) < 4.78 is 38.7. The first-order chi connectivity index (χ1) is 13.4. The Morgan fingerprint density at radius 3 is 2.48 bits per heavy atom. The molecule has 0 spiro atoms. The van der Waals surface area contributed by atoms with Crippen LogP contribution in [0.1, 0.15) is 42.5 Å². The van der Waals surface area contributed by atoms with Gasteiger partial charge in [0.1, 0.15) is 27.6 Å². The lowest BCUT2D eigenvalue weighted by molar-refractivity contribution is 0.102. The van der Waals surface area contributed by atoms with E-state index < -0.39 is 37.6 Å². The van der Waals surface area contributed by atoms with Gasteiger partial charge in [-0.1, -0.05) is 0 Å². The molecule has 3 N–H and O–H groups in total. The lowest BCUT2D eigenvalue weighted by atomic mass is 9.92. The van der Waals surface area contributed by atoms with Gasteiger partial charge in [-0.05, 0) is 45.9 Å². The summed E-state index contributed by atoms with van der Waals surface area (Å²) in [6, 6.07) is 3.88. The van der Waals surface area contributed by atoms with Crippen LogP contribution < -0.4 is 11.1 Å². The van der Waals surface area contributed by atoms with Gasteiger partial charge in [-0.25, -0.2) is 17.8 Å². The fraction of sp³-hybridized carbons (Fsp3) is 0.368. The van der Waals surface area contributed by atoms with Crippen molar-refractivity contribution in [1.29, 1.82) is 0 Å². The topological polar surface area (TPSA) is 127 Å². The number of anilines is 1. The van der Waals surface area contributed by atoms with Crippen molar-refractivity contribution in [2.45, 2.75) is 38.0 Å². The molecule has 10 heteroatoms. The summed E-state index contributed by atoms with van der Waals surface area (Å²) in [5.41, 5.74) is 5.54. The number of amidine groups is 1. The first-order valence-corrected chi connectivity index (χ1v) is 10.5. The third-order valence-corrected chi connectivity index (χ3v) is 7.76. The smallest absolute Gasteiger partial charge is 0.275 e. The van der Waals surface area contributed by atoms with Gasteiger partial charge in [0.25, 0.3) is 5.91 Å². The van der Waals surface area contributed by atoms with Crippen molar-refractivity contribution in [3.63, 3.8) is 0 Å². The Hall–Kier alpha value is -2.88. The second-order valence-corrected chi connectivity index (χ2v) is 10.3. The maximum Gasteiger partial charge on any atom is 0.275 e. The molecule has 1 aromatic carbocycles. The van der Waals surface area contributed by atoms with Crippen LogP contribution in [0.5, 0.6) is 0 Å². The van der Waals surface area contributed by atoms with Crippen LogP contribution in [0.15, 0.2) is 35.6 Å². The molecular weight excluding hydrogens is 397 g/mol. The monoisotopic (exact) mass is 419 g/mol. The predicted molar refractivity (Wildman–Crippen MR) is 108 cm³/mol. The minimum absolute atomic E-state index is 0.0207. The average molecular weight is 419 g/mol. The third kappa shape index (κ3) is 3.71. The number of nitrogens with two attached hydrogens (primary N) is 1. The van der Waals surface area contributed by atoms with Crippen LogP contribution in [-0.2, 0) is 15.4 Å². The molecule has 0 radical (unpaired) electrons. The van der Waals surface area contributed by atoms with Crippen molar-refractivity contribution >= 4 is 27.3 Å². The summed E-state index contributed by atoms with van der Waals surface area (Å²) in [6.07, 6.45) is 2.79. The molecule has 1 atom stereocenters. The molecule has 1 amide bonds. The highest BCUT2D eigenvalue weighted by Gasteiger charge is 2.49. The van der Waals surface area contributed by atoms with Gasteiger partial charge in [0.2, 0.25) is 0 Å². The first-order valence-electron chi connectivity index (χ1n) is 8.84. The van der Waals surface area contributed by atoms with Gasteiger partial charge in [0.05, 0.1) is 17.6 Å². The zero-order chi connectivity index (χ0) is 21.6. The maximum atomic E-state index is 14.6. The van der Waals surface area contributed by atoms with Crippen molar-refractivity contribution < 1.29 is 17.6 Å². The van der Waals surface area contributed by atoms with Gasteiger partial charge in [-0.2, -0.15) is 0 Å². The Kier molecular flexibility index (Phi) is 4.94. The van der Waals surface area contributed by atoms with Crippen molar-refractivity contribution in [3.05, 3.63) is 53.4 Å². The predicted octanol–water partition coefficient (Wildman–Crippen LogP) is 1.96. The molecule has 0 aliphatic carbocycles. The molecule has 8 nitrogen and oxygen atoms in total. The number of aromatic nitrogens is 2. The lowest BCUT2D eigenvalue weighted by Crippen LogP contribution is -2.55. The number of halogens is 1. The number of aryl methyl sites for hydroxylation is 1. The molecule has 2 aromatic rings. The van der Waals surface area contributed by atoms with E-state index in [-0.39, 0.29) is 22.8 Å². The molecule has 1 unspecified atom stereocenters. The van der Waals surface area contributed by atoms with Crippen molar-refractivity contribution in [2.75, 3.05) is 11.1 Å². The van der Waals surface area contributed by atoms with E-state index in [9.17, 15) is 17.6 Å². The fourth-order valence-electron chi connectivity index (χ4n) is 3.00. The average Bonchev–Trinajstić information content (AvgIpc) is 2.62. The summed E-state index contributed by atoms with van der Waals surface area (Å²) in [5, 5.41) is 2.61. The molecule has 1 aliphatic heterocycles. The molecule has 29 heavy (non-hydrogen) atoms. The number of sulfone groups is 1. The zero-order valence-corrected chi connectivity index (χ0v) is 17.3. The third-order valence-electron chi connectivity index (χ3n) is 5.05. The maximum absolute atomic E-state index is 14.6. The number of benzene rings is 1. The quantitative estimate of drug-likeness (QED) is 0.783. The second kappa shape index (κ2) is 6.87. The highest BCUT2D eigenvalue weighted by atomic mass is 32.2. The summed E-state index contributed by atoms with van der Waals surface area (Å²) in [4.78, 5) is 24.7. The second-order valence-electron chi connectivity index (χ2n) is 7.73. The standard InChI is InChI=1S/C19H22FN5O3S/c1-11-8-23-15(9-22-11)16(26)24-12-5-6-14(20)13(7-12)19(4)10-29(27,28)18(2,3)17(21)25-19/h5-9H,10H2,1-4H3,(H2,21,25)(H,24,26). The zero-order valence-electron chi connectivity index (χ0n) is 16.5. The number of nitrogens with one attached hydrogen (secondary N) is 1. The summed E-state index contributed by atoms with van der Waals surface area (Å²) in [7, 11) is -3.69. The fourth-order valence-corrected chi connectivity index (χ4v) is 4.69. The van der Waals surface area contributed by atoms with Crippen LogP contribution in [0.25, 0.3) is 0 Å². The van der Waals surface area contributed by atoms with Gasteiger partial charge in [-0.3, -0.25) is 14.8 Å². The lowest BCUT2D eigenvalue weighted by Gasteiger charge is -2.38.